The van der Waals surface area contributed by atoms with Crippen LogP contribution in [-0.4, -0.2) is 41.9 Å². The Morgan fingerprint density at radius 3 is 2.06 bits per heavy atom. The Morgan fingerprint density at radius 1 is 0.742 bits per heavy atom. The Morgan fingerprint density at radius 2 is 1.42 bits per heavy atom. The highest BCUT2D eigenvalue weighted by Crippen LogP contribution is 2.46. The minimum atomic E-state index is 0.166. The van der Waals surface area contributed by atoms with E-state index >= 15 is 0 Å². The SMILES string of the molecule is O=C(c1ccc(-c2cccs2)s1)N1CCN(C2c3ccccc3-c3ccccc32)CC1. The minimum absolute atomic E-state index is 0.166. The normalized spacial score (nSPS) is 16.3. The molecular weight excluding hydrogens is 420 g/mol. The van der Waals surface area contributed by atoms with Crippen LogP contribution in [-0.2, 0) is 0 Å². The third-order valence-corrected chi connectivity index (χ3v) is 8.49. The molecule has 4 aromatic rings. The maximum absolute atomic E-state index is 13.1. The maximum atomic E-state index is 13.1. The molecule has 1 aliphatic carbocycles. The summed E-state index contributed by atoms with van der Waals surface area (Å²) in [5.41, 5.74) is 5.48. The quantitative estimate of drug-likeness (QED) is 0.388. The Bertz CT molecular complexity index is 1190. The fourth-order valence-electron chi connectivity index (χ4n) is 4.87. The zero-order valence-corrected chi connectivity index (χ0v) is 18.7. The van der Waals surface area contributed by atoms with Crippen LogP contribution >= 0.6 is 22.7 Å². The van der Waals surface area contributed by atoms with Gasteiger partial charge in [0, 0.05) is 35.9 Å². The van der Waals surface area contributed by atoms with Gasteiger partial charge in [0.25, 0.3) is 5.91 Å². The van der Waals surface area contributed by atoms with E-state index in [0.717, 1.165) is 31.1 Å². The zero-order chi connectivity index (χ0) is 20.8. The van der Waals surface area contributed by atoms with Gasteiger partial charge in [0.05, 0.1) is 10.9 Å². The van der Waals surface area contributed by atoms with E-state index in [2.05, 4.69) is 77.0 Å². The van der Waals surface area contributed by atoms with Crippen LogP contribution in [0.2, 0.25) is 0 Å². The number of piperazine rings is 1. The van der Waals surface area contributed by atoms with Crippen LogP contribution in [0, 0.1) is 0 Å². The Hall–Kier alpha value is -2.73. The van der Waals surface area contributed by atoms with E-state index in [-0.39, 0.29) is 11.9 Å². The van der Waals surface area contributed by atoms with Gasteiger partial charge < -0.3 is 4.90 Å². The highest BCUT2D eigenvalue weighted by Gasteiger charge is 2.35. The topological polar surface area (TPSA) is 23.6 Å². The van der Waals surface area contributed by atoms with Crippen LogP contribution in [0.1, 0.15) is 26.8 Å². The summed E-state index contributed by atoms with van der Waals surface area (Å²) in [5.74, 6) is 0.166. The van der Waals surface area contributed by atoms with Crippen molar-refractivity contribution in [2.75, 3.05) is 26.2 Å². The highest BCUT2D eigenvalue weighted by atomic mass is 32.1. The van der Waals surface area contributed by atoms with Crippen molar-refractivity contribution in [3.63, 3.8) is 0 Å². The molecule has 0 unspecified atom stereocenters. The number of rotatable bonds is 3. The average molecular weight is 443 g/mol. The van der Waals surface area contributed by atoms with Gasteiger partial charge >= 0.3 is 0 Å². The summed E-state index contributed by atoms with van der Waals surface area (Å²) in [5, 5.41) is 2.08. The Labute approximate surface area is 190 Å². The zero-order valence-electron chi connectivity index (χ0n) is 17.0. The van der Waals surface area contributed by atoms with Crippen molar-refractivity contribution in [3.8, 4) is 20.9 Å². The lowest BCUT2D eigenvalue weighted by atomic mass is 10.0. The van der Waals surface area contributed by atoms with Gasteiger partial charge in [0.1, 0.15) is 0 Å². The van der Waals surface area contributed by atoms with E-state index in [1.165, 1.54) is 32.0 Å². The molecule has 6 rings (SSSR count). The summed E-state index contributed by atoms with van der Waals surface area (Å²) in [6.45, 7) is 3.32. The summed E-state index contributed by atoms with van der Waals surface area (Å²) in [7, 11) is 0. The molecule has 0 N–H and O–H groups in total. The van der Waals surface area contributed by atoms with E-state index in [1.54, 1.807) is 22.7 Å². The monoisotopic (exact) mass is 442 g/mol. The number of carbonyl (C=O) groups excluding carboxylic acids is 1. The van der Waals surface area contributed by atoms with Crippen LogP contribution in [0.25, 0.3) is 20.9 Å². The fraction of sp³-hybridized carbons (Fsp3) is 0.192. The number of fused-ring (bicyclic) bond motifs is 3. The molecule has 3 heterocycles. The molecule has 0 spiro atoms. The highest BCUT2D eigenvalue weighted by molar-refractivity contribution is 7.22. The van der Waals surface area contributed by atoms with Crippen molar-refractivity contribution < 1.29 is 4.79 Å². The predicted molar refractivity (Wildman–Crippen MR) is 129 cm³/mol. The van der Waals surface area contributed by atoms with Gasteiger partial charge in [0.15, 0.2) is 0 Å². The number of carbonyl (C=O) groups is 1. The van der Waals surface area contributed by atoms with Crippen molar-refractivity contribution in [1.82, 2.24) is 9.80 Å². The molecule has 31 heavy (non-hydrogen) atoms. The number of nitrogens with zero attached hydrogens (tertiary/aromatic N) is 2. The predicted octanol–water partition coefficient (Wildman–Crippen LogP) is 6.00. The second-order valence-electron chi connectivity index (χ2n) is 8.05. The Balaban J connectivity index is 1.19. The van der Waals surface area contributed by atoms with Gasteiger partial charge in [-0.1, -0.05) is 54.6 Å². The molecule has 0 atom stereocenters. The minimum Gasteiger partial charge on any atom is -0.335 e. The van der Waals surface area contributed by atoms with E-state index in [0.29, 0.717) is 0 Å². The first-order chi connectivity index (χ1) is 15.3. The first-order valence-electron chi connectivity index (χ1n) is 10.6. The van der Waals surface area contributed by atoms with Crippen molar-refractivity contribution >= 4 is 28.6 Å². The summed E-state index contributed by atoms with van der Waals surface area (Å²) in [6, 6.07) is 26.0. The molecular formula is C26H22N2OS2. The van der Waals surface area contributed by atoms with Gasteiger partial charge in [-0.3, -0.25) is 9.69 Å². The molecule has 1 amide bonds. The molecule has 154 valence electrons. The van der Waals surface area contributed by atoms with Crippen molar-refractivity contribution in [3.05, 3.63) is 94.2 Å². The third kappa shape index (κ3) is 3.24. The molecule has 1 saturated heterocycles. The van der Waals surface area contributed by atoms with Gasteiger partial charge in [-0.25, -0.2) is 0 Å². The standard InChI is InChI=1S/C26H22N2OS2/c29-26(24-12-11-23(31-24)22-10-5-17-30-22)28-15-13-27(14-16-28)25-20-8-3-1-6-18(20)19-7-2-4-9-21(19)25/h1-12,17,25H,13-16H2. The van der Waals surface area contributed by atoms with Gasteiger partial charge in [-0.05, 0) is 45.8 Å². The lowest BCUT2D eigenvalue weighted by Crippen LogP contribution is -2.49. The molecule has 1 aliphatic heterocycles. The summed E-state index contributed by atoms with van der Waals surface area (Å²) >= 11 is 3.32. The van der Waals surface area contributed by atoms with E-state index in [1.807, 2.05) is 11.0 Å². The number of hydrogen-bond donors (Lipinski definition) is 0. The molecule has 5 heteroatoms. The van der Waals surface area contributed by atoms with Gasteiger partial charge in [-0.15, -0.1) is 22.7 Å². The number of thiophene rings is 2. The molecule has 2 aromatic carbocycles. The third-order valence-electron chi connectivity index (χ3n) is 6.35. The van der Waals surface area contributed by atoms with Crippen molar-refractivity contribution in [2.24, 2.45) is 0 Å². The largest absolute Gasteiger partial charge is 0.335 e. The van der Waals surface area contributed by atoms with Crippen LogP contribution in [0.5, 0.6) is 0 Å². The van der Waals surface area contributed by atoms with Crippen LogP contribution in [0.15, 0.2) is 78.2 Å². The first-order valence-corrected chi connectivity index (χ1v) is 12.3. The number of amides is 1. The molecule has 2 aromatic heterocycles. The van der Waals surface area contributed by atoms with Crippen molar-refractivity contribution in [2.45, 2.75) is 6.04 Å². The van der Waals surface area contributed by atoms with E-state index < -0.39 is 0 Å². The Kier molecular flexibility index (Phi) is 4.75. The first kappa shape index (κ1) is 19.0. The molecule has 0 radical (unpaired) electrons. The summed E-state index contributed by atoms with van der Waals surface area (Å²) in [6.07, 6.45) is 0. The smallest absolute Gasteiger partial charge is 0.264 e. The molecule has 0 bridgehead atoms. The maximum Gasteiger partial charge on any atom is 0.264 e. The number of hydrogen-bond acceptors (Lipinski definition) is 4. The van der Waals surface area contributed by atoms with Gasteiger partial charge in [0.2, 0.25) is 0 Å². The summed E-state index contributed by atoms with van der Waals surface area (Å²) < 4.78 is 0. The average Bonchev–Trinajstić information content (AvgIpc) is 3.57. The lowest BCUT2D eigenvalue weighted by molar-refractivity contribution is 0.0604. The van der Waals surface area contributed by atoms with Crippen LogP contribution in [0.3, 0.4) is 0 Å². The second-order valence-corrected chi connectivity index (χ2v) is 10.1. The lowest BCUT2D eigenvalue weighted by Gasteiger charge is -2.38. The second kappa shape index (κ2) is 7.75. The molecule has 1 fully saturated rings. The van der Waals surface area contributed by atoms with E-state index in [9.17, 15) is 4.79 Å². The molecule has 2 aliphatic rings. The fourth-order valence-corrected chi connectivity index (χ4v) is 6.67. The molecule has 3 nitrogen and oxygen atoms in total. The van der Waals surface area contributed by atoms with Gasteiger partial charge in [-0.2, -0.15) is 0 Å². The summed E-state index contributed by atoms with van der Waals surface area (Å²) in [4.78, 5) is 20.9. The van der Waals surface area contributed by atoms with E-state index in [4.69, 9.17) is 0 Å². The van der Waals surface area contributed by atoms with Crippen molar-refractivity contribution in [1.29, 1.82) is 0 Å². The molecule has 0 saturated carbocycles. The van der Waals surface area contributed by atoms with Crippen LogP contribution in [0.4, 0.5) is 0 Å². The number of benzene rings is 2. The van der Waals surface area contributed by atoms with Crippen LogP contribution < -0.4 is 0 Å².